The van der Waals surface area contributed by atoms with Crippen molar-refractivity contribution in [3.05, 3.63) is 17.7 Å². The van der Waals surface area contributed by atoms with Gasteiger partial charge in [-0.1, -0.05) is 0 Å². The van der Waals surface area contributed by atoms with E-state index in [9.17, 15) is 8.42 Å². The maximum atomic E-state index is 12.2. The number of ether oxygens (including phenoxy) is 1. The van der Waals surface area contributed by atoms with Crippen LogP contribution in [0.3, 0.4) is 0 Å². The molecule has 1 unspecified atom stereocenters. The van der Waals surface area contributed by atoms with E-state index in [1.807, 2.05) is 0 Å². The van der Waals surface area contributed by atoms with Crippen LogP contribution < -0.4 is 15.2 Å². The Kier molecular flexibility index (Phi) is 5.16. The fourth-order valence-electron chi connectivity index (χ4n) is 1.63. The van der Waals surface area contributed by atoms with E-state index in [2.05, 4.69) is 4.72 Å². The number of aliphatic hydroxyl groups excluding tert-OH is 1. The molecular weight excluding hydrogens is 268 g/mol. The van der Waals surface area contributed by atoms with Crippen molar-refractivity contribution in [2.24, 2.45) is 0 Å². The van der Waals surface area contributed by atoms with Gasteiger partial charge in [-0.3, -0.25) is 0 Å². The highest BCUT2D eigenvalue weighted by Crippen LogP contribution is 2.28. The van der Waals surface area contributed by atoms with Gasteiger partial charge in [-0.2, -0.15) is 0 Å². The molecule has 0 bridgehead atoms. The number of nitrogen functional groups attached to an aromatic ring is 1. The Morgan fingerprint density at radius 1 is 1.47 bits per heavy atom. The van der Waals surface area contributed by atoms with Crippen LogP contribution in [0.1, 0.15) is 18.9 Å². The summed E-state index contributed by atoms with van der Waals surface area (Å²) in [6.07, 6.45) is 0.336. The van der Waals surface area contributed by atoms with Crippen molar-refractivity contribution in [3.63, 3.8) is 0 Å². The van der Waals surface area contributed by atoms with Crippen LogP contribution in [0.15, 0.2) is 17.0 Å². The highest BCUT2D eigenvalue weighted by molar-refractivity contribution is 7.89. The molecule has 0 aliphatic carbocycles. The zero-order valence-electron chi connectivity index (χ0n) is 11.3. The Balaban J connectivity index is 3.17. The SMILES string of the molecule is COc1cc(C)c(N)cc1S(=O)(=O)NC(C)CCO. The second-order valence-corrected chi connectivity index (χ2v) is 6.08. The number of aliphatic hydroxyl groups is 1. The third kappa shape index (κ3) is 3.82. The van der Waals surface area contributed by atoms with Gasteiger partial charge in [0.05, 0.1) is 7.11 Å². The van der Waals surface area contributed by atoms with E-state index < -0.39 is 10.0 Å². The number of benzene rings is 1. The van der Waals surface area contributed by atoms with Crippen LogP contribution in [0.4, 0.5) is 5.69 Å². The van der Waals surface area contributed by atoms with E-state index in [1.165, 1.54) is 13.2 Å². The molecular formula is C12H20N2O4S. The van der Waals surface area contributed by atoms with Crippen molar-refractivity contribution in [1.29, 1.82) is 0 Å². The van der Waals surface area contributed by atoms with Crippen molar-refractivity contribution in [2.45, 2.75) is 31.2 Å². The third-order valence-electron chi connectivity index (χ3n) is 2.76. The summed E-state index contributed by atoms with van der Waals surface area (Å²) in [6, 6.07) is 2.59. The standard InChI is InChI=1S/C12H20N2O4S/c1-8-6-11(18-3)12(7-10(8)13)19(16,17)14-9(2)4-5-15/h6-7,9,14-15H,4-5,13H2,1-3H3. The summed E-state index contributed by atoms with van der Waals surface area (Å²) in [7, 11) is -2.33. The smallest absolute Gasteiger partial charge is 0.244 e. The first-order valence-electron chi connectivity index (χ1n) is 5.89. The molecule has 0 aromatic heterocycles. The van der Waals surface area contributed by atoms with Gasteiger partial charge in [0.15, 0.2) is 0 Å². The number of hydrogen-bond donors (Lipinski definition) is 3. The fourth-order valence-corrected chi connectivity index (χ4v) is 3.09. The Morgan fingerprint density at radius 2 is 2.11 bits per heavy atom. The zero-order valence-corrected chi connectivity index (χ0v) is 12.1. The Morgan fingerprint density at radius 3 is 2.63 bits per heavy atom. The van der Waals surface area contributed by atoms with E-state index in [-0.39, 0.29) is 23.3 Å². The molecule has 6 nitrogen and oxygen atoms in total. The highest BCUT2D eigenvalue weighted by Gasteiger charge is 2.22. The molecule has 7 heteroatoms. The van der Waals surface area contributed by atoms with E-state index in [4.69, 9.17) is 15.6 Å². The summed E-state index contributed by atoms with van der Waals surface area (Å²) < 4.78 is 32.0. The van der Waals surface area contributed by atoms with Crippen LogP contribution in [0.5, 0.6) is 5.75 Å². The molecule has 1 rings (SSSR count). The molecule has 0 heterocycles. The fraction of sp³-hybridized carbons (Fsp3) is 0.500. The van der Waals surface area contributed by atoms with Crippen molar-refractivity contribution in [2.75, 3.05) is 19.5 Å². The minimum atomic E-state index is -3.73. The molecule has 4 N–H and O–H groups in total. The normalized spacial score (nSPS) is 13.3. The van der Waals surface area contributed by atoms with Crippen LogP contribution >= 0.6 is 0 Å². The lowest BCUT2D eigenvalue weighted by Crippen LogP contribution is -2.33. The number of hydrogen-bond acceptors (Lipinski definition) is 5. The first kappa shape index (κ1) is 15.7. The van der Waals surface area contributed by atoms with Crippen LogP contribution in [0.25, 0.3) is 0 Å². The van der Waals surface area contributed by atoms with Gasteiger partial charge in [-0.25, -0.2) is 13.1 Å². The molecule has 0 spiro atoms. The van der Waals surface area contributed by atoms with Crippen molar-refractivity contribution in [1.82, 2.24) is 4.72 Å². The van der Waals surface area contributed by atoms with Gasteiger partial charge < -0.3 is 15.6 Å². The number of methoxy groups -OCH3 is 1. The predicted octanol–water partition coefficient (Wildman–Crippen LogP) is 0.635. The summed E-state index contributed by atoms with van der Waals surface area (Å²) in [4.78, 5) is 0.00268. The molecule has 0 radical (unpaired) electrons. The molecule has 0 aliphatic heterocycles. The second kappa shape index (κ2) is 6.23. The van der Waals surface area contributed by atoms with Crippen LogP contribution in [0.2, 0.25) is 0 Å². The number of rotatable bonds is 6. The quantitative estimate of drug-likeness (QED) is 0.667. The Labute approximate surface area is 113 Å². The lowest BCUT2D eigenvalue weighted by Gasteiger charge is -2.16. The number of aryl methyl sites for hydroxylation is 1. The monoisotopic (exact) mass is 288 g/mol. The Hall–Kier alpha value is -1.31. The van der Waals surface area contributed by atoms with Crippen molar-refractivity contribution in [3.8, 4) is 5.75 Å². The van der Waals surface area contributed by atoms with Crippen LogP contribution in [-0.4, -0.2) is 33.3 Å². The summed E-state index contributed by atoms with van der Waals surface area (Å²) >= 11 is 0. The second-order valence-electron chi connectivity index (χ2n) is 4.39. The first-order valence-corrected chi connectivity index (χ1v) is 7.37. The maximum absolute atomic E-state index is 12.2. The number of nitrogens with two attached hydrogens (primary N) is 1. The molecule has 0 aliphatic rings. The molecule has 0 amide bonds. The van der Waals surface area contributed by atoms with E-state index in [0.717, 1.165) is 5.56 Å². The van der Waals surface area contributed by atoms with E-state index in [1.54, 1.807) is 19.9 Å². The van der Waals surface area contributed by atoms with Gasteiger partial charge in [-0.05, 0) is 38.0 Å². The van der Waals surface area contributed by atoms with Gasteiger partial charge in [0.2, 0.25) is 10.0 Å². The van der Waals surface area contributed by atoms with Gasteiger partial charge in [0.25, 0.3) is 0 Å². The van der Waals surface area contributed by atoms with Crippen molar-refractivity contribution >= 4 is 15.7 Å². The molecule has 19 heavy (non-hydrogen) atoms. The Bertz CT molecular complexity index is 543. The first-order chi connectivity index (χ1) is 8.81. The molecule has 1 atom stereocenters. The van der Waals surface area contributed by atoms with Gasteiger partial charge in [0.1, 0.15) is 10.6 Å². The molecule has 108 valence electrons. The summed E-state index contributed by atoms with van der Waals surface area (Å²) in [5, 5.41) is 8.81. The average Bonchev–Trinajstić information content (AvgIpc) is 2.31. The summed E-state index contributed by atoms with van der Waals surface area (Å²) in [5.41, 5.74) is 6.88. The van der Waals surface area contributed by atoms with Gasteiger partial charge in [-0.15, -0.1) is 0 Å². The number of sulfonamides is 1. The summed E-state index contributed by atoms with van der Waals surface area (Å²) in [6.45, 7) is 3.37. The molecule has 0 fully saturated rings. The van der Waals surface area contributed by atoms with Gasteiger partial charge >= 0.3 is 0 Å². The van der Waals surface area contributed by atoms with Gasteiger partial charge in [0, 0.05) is 18.3 Å². The molecule has 0 saturated heterocycles. The molecule has 1 aromatic carbocycles. The molecule has 0 saturated carbocycles. The zero-order chi connectivity index (χ0) is 14.6. The third-order valence-corrected chi connectivity index (χ3v) is 4.37. The highest BCUT2D eigenvalue weighted by atomic mass is 32.2. The topological polar surface area (TPSA) is 102 Å². The van der Waals surface area contributed by atoms with E-state index >= 15 is 0 Å². The maximum Gasteiger partial charge on any atom is 0.244 e. The van der Waals surface area contributed by atoms with E-state index in [0.29, 0.717) is 12.1 Å². The van der Waals surface area contributed by atoms with Crippen molar-refractivity contribution < 1.29 is 18.3 Å². The summed E-state index contributed by atoms with van der Waals surface area (Å²) in [5.74, 6) is 0.246. The largest absolute Gasteiger partial charge is 0.495 e. The molecule has 1 aromatic rings. The lowest BCUT2D eigenvalue weighted by atomic mass is 10.2. The lowest BCUT2D eigenvalue weighted by molar-refractivity contribution is 0.275. The minimum absolute atomic E-state index is 0.00268. The number of anilines is 1. The number of nitrogens with one attached hydrogen (secondary N) is 1. The predicted molar refractivity (Wildman–Crippen MR) is 73.6 cm³/mol. The average molecular weight is 288 g/mol. The van der Waals surface area contributed by atoms with Crippen LogP contribution in [-0.2, 0) is 10.0 Å². The minimum Gasteiger partial charge on any atom is -0.495 e. The van der Waals surface area contributed by atoms with Crippen LogP contribution in [0, 0.1) is 6.92 Å².